The molecule has 0 aliphatic rings. The highest BCUT2D eigenvalue weighted by Crippen LogP contribution is 2.28. The van der Waals surface area contributed by atoms with Gasteiger partial charge in [0.2, 0.25) is 0 Å². The first kappa shape index (κ1) is 19.5. The predicted molar refractivity (Wildman–Crippen MR) is 123 cm³/mol. The quantitative estimate of drug-likeness (QED) is 0.460. The maximum atomic E-state index is 12.8. The zero-order valence-corrected chi connectivity index (χ0v) is 17.5. The molecular formula is C24H20N6O2. The molecule has 8 nitrogen and oxygen atoms in total. The maximum absolute atomic E-state index is 12.8. The number of carbonyl (C=O) groups excluding carboxylic acids is 1. The fourth-order valence-corrected chi connectivity index (χ4v) is 3.70. The Bertz CT molecular complexity index is 1490. The number of aromatic nitrogens is 5. The highest BCUT2D eigenvalue weighted by Gasteiger charge is 2.15. The van der Waals surface area contributed by atoms with Crippen LogP contribution in [0.4, 0.5) is 5.82 Å². The molecule has 0 bridgehead atoms. The molecule has 1 amide bonds. The SMILES string of the molecule is Cc1ccc(NC(=O)c2ccc(-n3cccn3)cc2)nc1-c1cn(C)c(=O)c2[nH]ccc12. The summed E-state index contributed by atoms with van der Waals surface area (Å²) >= 11 is 0. The second kappa shape index (κ2) is 7.66. The van der Waals surface area contributed by atoms with Gasteiger partial charge in [-0.05, 0) is 55.0 Å². The van der Waals surface area contributed by atoms with Crippen LogP contribution >= 0.6 is 0 Å². The Kier molecular flexibility index (Phi) is 4.67. The summed E-state index contributed by atoms with van der Waals surface area (Å²) in [5.74, 6) is 0.177. The highest BCUT2D eigenvalue weighted by molar-refractivity contribution is 6.04. The van der Waals surface area contributed by atoms with Crippen molar-refractivity contribution in [1.82, 2.24) is 24.3 Å². The highest BCUT2D eigenvalue weighted by atomic mass is 16.1. The van der Waals surface area contributed by atoms with Crippen LogP contribution in [0, 0.1) is 6.92 Å². The lowest BCUT2D eigenvalue weighted by molar-refractivity contribution is 0.102. The van der Waals surface area contributed by atoms with Gasteiger partial charge in [-0.2, -0.15) is 5.10 Å². The topological polar surface area (TPSA) is 97.6 Å². The summed E-state index contributed by atoms with van der Waals surface area (Å²) in [6.45, 7) is 1.95. The molecule has 0 fully saturated rings. The van der Waals surface area contributed by atoms with E-state index in [1.165, 1.54) is 4.57 Å². The number of nitrogens with zero attached hydrogens (tertiary/aromatic N) is 4. The molecule has 2 N–H and O–H groups in total. The van der Waals surface area contributed by atoms with Crippen LogP contribution in [0.25, 0.3) is 27.8 Å². The molecule has 4 aromatic heterocycles. The molecule has 5 rings (SSSR count). The fraction of sp³-hybridized carbons (Fsp3) is 0.0833. The van der Waals surface area contributed by atoms with Gasteiger partial charge in [0.15, 0.2) is 0 Å². The molecule has 0 unspecified atom stereocenters. The molecule has 0 aliphatic carbocycles. The molecule has 5 aromatic rings. The third-order valence-corrected chi connectivity index (χ3v) is 5.39. The molecule has 4 heterocycles. The summed E-state index contributed by atoms with van der Waals surface area (Å²) in [5, 5.41) is 7.85. The number of benzene rings is 1. The first-order valence-electron chi connectivity index (χ1n) is 10.1. The third-order valence-electron chi connectivity index (χ3n) is 5.39. The fourth-order valence-electron chi connectivity index (χ4n) is 3.70. The van der Waals surface area contributed by atoms with Gasteiger partial charge >= 0.3 is 0 Å². The van der Waals surface area contributed by atoms with E-state index in [4.69, 9.17) is 4.98 Å². The van der Waals surface area contributed by atoms with Crippen molar-refractivity contribution in [1.29, 1.82) is 0 Å². The van der Waals surface area contributed by atoms with Crippen LogP contribution in [-0.2, 0) is 7.05 Å². The minimum Gasteiger partial charge on any atom is -0.357 e. The molecule has 0 saturated carbocycles. The van der Waals surface area contributed by atoms with Gasteiger partial charge in [-0.15, -0.1) is 0 Å². The Morgan fingerprint density at radius 3 is 2.66 bits per heavy atom. The lowest BCUT2D eigenvalue weighted by Gasteiger charge is -2.12. The summed E-state index contributed by atoms with van der Waals surface area (Å²) in [6.07, 6.45) is 7.05. The maximum Gasteiger partial charge on any atom is 0.274 e. The molecule has 158 valence electrons. The number of aromatic amines is 1. The van der Waals surface area contributed by atoms with Crippen LogP contribution in [0.5, 0.6) is 0 Å². The first-order valence-corrected chi connectivity index (χ1v) is 10.1. The molecule has 0 aliphatic heterocycles. The van der Waals surface area contributed by atoms with Crippen molar-refractivity contribution in [3.8, 4) is 16.9 Å². The van der Waals surface area contributed by atoms with Crippen molar-refractivity contribution < 1.29 is 4.79 Å². The molecule has 0 radical (unpaired) electrons. The van der Waals surface area contributed by atoms with E-state index in [0.29, 0.717) is 22.6 Å². The summed E-state index contributed by atoms with van der Waals surface area (Å²) in [5.41, 5.74) is 4.27. The number of aryl methyl sites for hydroxylation is 2. The molecule has 32 heavy (non-hydrogen) atoms. The van der Waals surface area contributed by atoms with Gasteiger partial charge in [0.05, 0.1) is 11.4 Å². The smallest absolute Gasteiger partial charge is 0.274 e. The Hall–Kier alpha value is -4.46. The van der Waals surface area contributed by atoms with E-state index in [1.54, 1.807) is 48.5 Å². The largest absolute Gasteiger partial charge is 0.357 e. The number of anilines is 1. The predicted octanol–water partition coefficient (Wildman–Crippen LogP) is 3.68. The standard InChI is InChI=1S/C24H20N6O2/c1-15-4-9-20(27-21(15)19-14-29(2)24(32)22-18(19)10-12-25-22)28-23(31)16-5-7-17(8-6-16)30-13-3-11-26-30/h3-14,25H,1-2H3,(H,27,28,31). The molecule has 0 spiro atoms. The van der Waals surface area contributed by atoms with E-state index >= 15 is 0 Å². The van der Waals surface area contributed by atoms with Gasteiger partial charge < -0.3 is 14.9 Å². The number of hydrogen-bond acceptors (Lipinski definition) is 4. The number of amides is 1. The number of pyridine rings is 2. The second-order valence-electron chi connectivity index (χ2n) is 7.54. The lowest BCUT2D eigenvalue weighted by Crippen LogP contribution is -2.17. The van der Waals surface area contributed by atoms with Crippen molar-refractivity contribution in [3.05, 3.63) is 94.8 Å². The van der Waals surface area contributed by atoms with Crippen LogP contribution in [0.15, 0.2) is 78.1 Å². The zero-order chi connectivity index (χ0) is 22.2. The number of nitrogens with one attached hydrogen (secondary N) is 2. The van der Waals surface area contributed by atoms with Crippen LogP contribution in [0.1, 0.15) is 15.9 Å². The third kappa shape index (κ3) is 3.37. The molecule has 0 saturated heterocycles. The van der Waals surface area contributed by atoms with Crippen molar-refractivity contribution in [2.24, 2.45) is 7.05 Å². The van der Waals surface area contributed by atoms with Crippen molar-refractivity contribution in [2.75, 3.05) is 5.32 Å². The monoisotopic (exact) mass is 424 g/mol. The minimum atomic E-state index is -0.258. The number of rotatable bonds is 4. The molecule has 0 atom stereocenters. The van der Waals surface area contributed by atoms with Gasteiger partial charge in [0.1, 0.15) is 11.3 Å². The zero-order valence-electron chi connectivity index (χ0n) is 17.5. The van der Waals surface area contributed by atoms with Gasteiger partial charge in [0, 0.05) is 48.3 Å². The summed E-state index contributed by atoms with van der Waals surface area (Å²) < 4.78 is 3.26. The summed E-state index contributed by atoms with van der Waals surface area (Å²) in [6, 6.07) is 14.5. The van der Waals surface area contributed by atoms with Crippen molar-refractivity contribution >= 4 is 22.6 Å². The van der Waals surface area contributed by atoms with E-state index in [2.05, 4.69) is 15.4 Å². The van der Waals surface area contributed by atoms with Crippen LogP contribution in [0.2, 0.25) is 0 Å². The summed E-state index contributed by atoms with van der Waals surface area (Å²) in [4.78, 5) is 32.9. The number of hydrogen-bond donors (Lipinski definition) is 2. The van der Waals surface area contributed by atoms with Crippen molar-refractivity contribution in [3.63, 3.8) is 0 Å². The van der Waals surface area contributed by atoms with Crippen LogP contribution < -0.4 is 10.9 Å². The van der Waals surface area contributed by atoms with E-state index in [9.17, 15) is 9.59 Å². The first-order chi connectivity index (χ1) is 15.5. The van der Waals surface area contributed by atoms with Crippen LogP contribution in [-0.4, -0.2) is 30.2 Å². The molecule has 8 heteroatoms. The van der Waals surface area contributed by atoms with Gasteiger partial charge in [0.25, 0.3) is 11.5 Å². The normalized spacial score (nSPS) is 11.1. The Balaban J connectivity index is 1.46. The number of H-pyrrole nitrogens is 1. The molecule has 1 aromatic carbocycles. The lowest BCUT2D eigenvalue weighted by atomic mass is 10.0. The average Bonchev–Trinajstić information content (AvgIpc) is 3.50. The number of fused-ring (bicyclic) bond motifs is 1. The Labute approximate surface area is 183 Å². The minimum absolute atomic E-state index is 0.102. The van der Waals surface area contributed by atoms with E-state index in [1.807, 2.05) is 43.5 Å². The second-order valence-corrected chi connectivity index (χ2v) is 7.54. The molecular weight excluding hydrogens is 404 g/mol. The Morgan fingerprint density at radius 1 is 1.09 bits per heavy atom. The average molecular weight is 424 g/mol. The van der Waals surface area contributed by atoms with Gasteiger partial charge in [-0.1, -0.05) is 6.07 Å². The van der Waals surface area contributed by atoms with E-state index in [-0.39, 0.29) is 11.5 Å². The van der Waals surface area contributed by atoms with Gasteiger partial charge in [-0.25, -0.2) is 9.67 Å². The van der Waals surface area contributed by atoms with Gasteiger partial charge in [-0.3, -0.25) is 9.59 Å². The summed E-state index contributed by atoms with van der Waals surface area (Å²) in [7, 11) is 1.71. The Morgan fingerprint density at radius 2 is 1.91 bits per heavy atom. The van der Waals surface area contributed by atoms with Crippen LogP contribution in [0.3, 0.4) is 0 Å². The van der Waals surface area contributed by atoms with E-state index < -0.39 is 0 Å². The van der Waals surface area contributed by atoms with E-state index in [0.717, 1.165) is 22.2 Å². The van der Waals surface area contributed by atoms with Crippen molar-refractivity contribution in [2.45, 2.75) is 6.92 Å². The number of carbonyl (C=O) groups is 1.